The molecule has 1 unspecified atom stereocenters. The monoisotopic (exact) mass is 872 g/mol. The van der Waals surface area contributed by atoms with E-state index in [4.69, 9.17) is 17.3 Å². The number of aryl methyl sites for hydroxylation is 1. The van der Waals surface area contributed by atoms with Crippen LogP contribution in [0.15, 0.2) is 59.4 Å². The number of carbonyl (C=O) groups excluding carboxylic acids is 1. The number of carboxylic acids is 1. The number of anilines is 1. The first-order valence-corrected chi connectivity index (χ1v) is 17.2. The summed E-state index contributed by atoms with van der Waals surface area (Å²) in [5, 5.41) is 11.5. The molecule has 1 atom stereocenters. The second-order valence-electron chi connectivity index (χ2n) is 9.76. The second kappa shape index (κ2) is 15.3. The van der Waals surface area contributed by atoms with E-state index < -0.39 is 53.3 Å². The molecule has 3 N–H and O–H groups in total. The van der Waals surface area contributed by atoms with E-state index in [1.54, 1.807) is 60.2 Å². The van der Waals surface area contributed by atoms with Crippen molar-refractivity contribution < 1.29 is 61.3 Å². The molecule has 0 fully saturated rings. The van der Waals surface area contributed by atoms with Crippen LogP contribution in [0.25, 0.3) is 5.57 Å². The van der Waals surface area contributed by atoms with E-state index in [2.05, 4.69) is 16.5 Å². The minimum atomic E-state index is -3.01. The first kappa shape index (κ1) is 35.5. The van der Waals surface area contributed by atoms with Crippen molar-refractivity contribution in [2.45, 2.75) is 32.6 Å². The maximum atomic E-state index is 13.0. The number of nitrogens with zero attached hydrogens (tertiary/aromatic N) is 3. The number of nitrogens with two attached hydrogens (primary N) is 1. The average molecular weight is 873 g/mol. The Hall–Kier alpha value is -2.98. The van der Waals surface area contributed by atoms with Crippen molar-refractivity contribution in [3.8, 4) is 0 Å². The SMILES string of the molecule is C=C(S/C=C(\C)c1cccc(C(=O)O)c1)C(C)(C=O)c1c(C)nc(C2=[N+](CC[C-](F)F)c3cc(Cl)ccc32)nc1N.[F][U][F]. The average Bonchev–Trinajstić information content (AvgIpc) is 2.96. The number of carboxylic acid groups (broad SMARTS) is 1. The third-order valence-corrected chi connectivity index (χ3v) is 8.32. The van der Waals surface area contributed by atoms with E-state index in [9.17, 15) is 27.7 Å². The molecule has 0 saturated heterocycles. The predicted octanol–water partition coefficient (Wildman–Crippen LogP) is 7.64. The van der Waals surface area contributed by atoms with Crippen LogP contribution in [0.5, 0.6) is 0 Å². The third kappa shape index (κ3) is 7.80. The summed E-state index contributed by atoms with van der Waals surface area (Å²) in [5.74, 6) is -0.710. The number of hydrogen-bond donors (Lipinski definition) is 2. The zero-order chi connectivity index (χ0) is 32.8. The van der Waals surface area contributed by atoms with E-state index in [1.165, 1.54) is 17.8 Å². The molecule has 230 valence electrons. The summed E-state index contributed by atoms with van der Waals surface area (Å²) in [4.78, 5) is 33.5. The number of carbonyl (C=O) groups is 2. The number of benzene rings is 2. The molecule has 44 heavy (non-hydrogen) atoms. The standard InChI is InChI=1S/C30H27ClF2N4O3S.2FH.U/c1-16(19-6-5-7-20(12-19)29(39)40)14-41-18(3)30(4,15-38)25-17(2)35-28(36-27(25)34)26-22-9-8-21(31)13-23(22)37(26)11-10-24(32)33;;;/h5-9,12-15H,3,10-11H2,1-2,4H3,(H,39,40)(H2,34,35,36);2*1H;/q;;;+2/p-2/b16-14+;;;. The van der Waals surface area contributed by atoms with E-state index in [0.29, 0.717) is 32.6 Å². The third-order valence-electron chi connectivity index (χ3n) is 6.91. The van der Waals surface area contributed by atoms with E-state index in [-0.39, 0.29) is 23.8 Å². The van der Waals surface area contributed by atoms with Crippen LogP contribution in [0.4, 0.5) is 24.5 Å². The summed E-state index contributed by atoms with van der Waals surface area (Å²) in [6.45, 7) is 9.34. The first-order chi connectivity index (χ1) is 20.8. The van der Waals surface area contributed by atoms with Crippen LogP contribution in [-0.4, -0.2) is 44.2 Å². The van der Waals surface area contributed by atoms with Crippen LogP contribution in [0.1, 0.15) is 58.8 Å². The van der Waals surface area contributed by atoms with Gasteiger partial charge in [0.2, 0.25) is 11.5 Å². The zero-order valence-corrected chi connectivity index (χ0v) is 29.5. The molecule has 3 aromatic rings. The van der Waals surface area contributed by atoms with Crippen LogP contribution < -0.4 is 5.73 Å². The normalized spacial score (nSPS) is 13.6. The van der Waals surface area contributed by atoms with Gasteiger partial charge in [-0.15, -0.1) is 11.8 Å². The first-order valence-electron chi connectivity index (χ1n) is 12.8. The molecule has 14 heteroatoms. The fraction of sp³-hybridized carbons (Fsp3) is 0.200. The molecule has 2 aromatic carbocycles. The minimum absolute atomic E-state index is 0.00955. The van der Waals surface area contributed by atoms with Crippen LogP contribution in [-0.2, 0) is 10.2 Å². The predicted molar refractivity (Wildman–Crippen MR) is 160 cm³/mol. The Morgan fingerprint density at radius 1 is 1.23 bits per heavy atom. The Kier molecular flexibility index (Phi) is 12.4. The summed E-state index contributed by atoms with van der Waals surface area (Å²) in [7, 11) is 0. The molecule has 0 aliphatic carbocycles. The van der Waals surface area contributed by atoms with Crippen molar-refractivity contribution in [1.82, 2.24) is 9.97 Å². The summed E-state index contributed by atoms with van der Waals surface area (Å²) in [6.07, 6.45) is -1.39. The Morgan fingerprint density at radius 2 is 1.89 bits per heavy atom. The van der Waals surface area contributed by atoms with Crippen LogP contribution in [0, 0.1) is 42.4 Å². The molecule has 1 aliphatic rings. The number of hydrogen-bond acceptors (Lipinski definition) is 6. The molecule has 0 amide bonds. The number of aromatic carboxylic acids is 1. The Labute approximate surface area is 277 Å². The number of halogens is 5. The number of nitrogen functional groups attached to an aromatic ring is 1. The van der Waals surface area contributed by atoms with Gasteiger partial charge in [-0.05, 0) is 66.5 Å². The van der Waals surface area contributed by atoms with E-state index in [0.717, 1.165) is 23.0 Å². The van der Waals surface area contributed by atoms with E-state index >= 15 is 0 Å². The number of thioether (sulfide) groups is 1. The Bertz CT molecular complexity index is 1650. The van der Waals surface area contributed by atoms with Crippen molar-refractivity contribution in [2.75, 3.05) is 12.3 Å². The van der Waals surface area contributed by atoms with Crippen molar-refractivity contribution >= 4 is 58.4 Å². The zero-order valence-electron chi connectivity index (χ0n) is 23.8. The Balaban J connectivity index is 0.00000169. The van der Waals surface area contributed by atoms with Gasteiger partial charge in [0.05, 0.1) is 11.0 Å². The van der Waals surface area contributed by atoms with Crippen LogP contribution in [0.3, 0.4) is 0 Å². The van der Waals surface area contributed by atoms with Gasteiger partial charge in [0.25, 0.3) is 5.71 Å². The number of aldehydes is 1. The summed E-state index contributed by atoms with van der Waals surface area (Å²) in [6, 6.07) is 11.7. The van der Waals surface area contributed by atoms with Gasteiger partial charge in [0.15, 0.2) is 0 Å². The van der Waals surface area contributed by atoms with Gasteiger partial charge >= 0.3 is 39.3 Å². The molecule has 0 spiro atoms. The van der Waals surface area contributed by atoms with Crippen molar-refractivity contribution in [3.63, 3.8) is 0 Å². The molecule has 1 aliphatic heterocycles. The number of allylic oxidation sites excluding steroid dienone is 2. The quantitative estimate of drug-likeness (QED) is 0.0883. The van der Waals surface area contributed by atoms with Gasteiger partial charge in [0.1, 0.15) is 24.2 Å². The van der Waals surface area contributed by atoms with Gasteiger partial charge in [-0.1, -0.05) is 36.7 Å². The van der Waals surface area contributed by atoms with E-state index in [1.807, 2.05) is 6.92 Å². The van der Waals surface area contributed by atoms with Gasteiger partial charge in [-0.2, -0.15) is 4.58 Å². The summed E-state index contributed by atoms with van der Waals surface area (Å²) in [5.41, 5.74) is 9.65. The molecule has 1 aromatic heterocycles. The van der Waals surface area contributed by atoms with Crippen molar-refractivity contribution in [1.29, 1.82) is 0 Å². The number of rotatable bonds is 11. The Morgan fingerprint density at radius 3 is 2.48 bits per heavy atom. The molecule has 2 heterocycles. The maximum absolute atomic E-state index is 13.0. The van der Waals surface area contributed by atoms with Gasteiger partial charge in [-0.3, -0.25) is 0 Å². The molecular formula is C30H27ClF4N4O3SU. The van der Waals surface area contributed by atoms with Crippen molar-refractivity contribution in [3.05, 3.63) is 105 Å². The summed E-state index contributed by atoms with van der Waals surface area (Å²) >= 11 is 4.34. The summed E-state index contributed by atoms with van der Waals surface area (Å²) < 4.78 is 47.3. The molecule has 0 radical (unpaired) electrons. The number of fused-ring (bicyclic) bond motifs is 1. The molecular weight excluding hydrogens is 846 g/mol. The molecule has 0 bridgehead atoms. The fourth-order valence-electron chi connectivity index (χ4n) is 4.67. The fourth-order valence-corrected chi connectivity index (χ4v) is 5.68. The van der Waals surface area contributed by atoms with Gasteiger partial charge in [0, 0.05) is 28.8 Å². The van der Waals surface area contributed by atoms with Crippen LogP contribution >= 0.6 is 23.4 Å². The molecule has 0 saturated carbocycles. The molecule has 7 nitrogen and oxygen atoms in total. The topological polar surface area (TPSA) is 109 Å². The van der Waals surface area contributed by atoms with Gasteiger partial charge in [-0.25, -0.2) is 14.8 Å². The van der Waals surface area contributed by atoms with Gasteiger partial charge < -0.3 is 24.4 Å². The molecule has 4 rings (SSSR count). The number of aromatic nitrogens is 2. The van der Waals surface area contributed by atoms with Crippen molar-refractivity contribution in [2.24, 2.45) is 0 Å². The second-order valence-corrected chi connectivity index (χ2v) is 11.8. The van der Waals surface area contributed by atoms with Crippen LogP contribution in [0.2, 0.25) is 5.02 Å².